The summed E-state index contributed by atoms with van der Waals surface area (Å²) < 4.78 is 40.2. The van der Waals surface area contributed by atoms with Crippen molar-refractivity contribution in [3.8, 4) is 0 Å². The Balaban J connectivity index is 2.10. The number of carbonyl (C=O) groups excluding carboxylic acids is 1. The minimum Gasteiger partial charge on any atom is -0.285 e. The molecule has 0 aliphatic heterocycles. The summed E-state index contributed by atoms with van der Waals surface area (Å²) in [6.07, 6.45) is 4.35. The number of halogens is 3. The van der Waals surface area contributed by atoms with E-state index in [2.05, 4.69) is 26.7 Å². The first-order chi connectivity index (χ1) is 13.0. The van der Waals surface area contributed by atoms with E-state index in [1.807, 2.05) is 13.0 Å². The molecular formula is C22H26F3NO2. The minimum absolute atomic E-state index is 0.0342. The third-order valence-electron chi connectivity index (χ3n) is 5.81. The van der Waals surface area contributed by atoms with Crippen molar-refractivity contribution in [3.05, 3.63) is 72.1 Å². The normalized spacial score (nSPS) is 24.5. The average Bonchev–Trinajstić information content (AvgIpc) is 2.64. The van der Waals surface area contributed by atoms with Gasteiger partial charge in [-0.1, -0.05) is 37.3 Å². The highest BCUT2D eigenvalue weighted by Crippen LogP contribution is 2.48. The lowest BCUT2D eigenvalue weighted by Gasteiger charge is -2.44. The summed E-state index contributed by atoms with van der Waals surface area (Å²) in [6, 6.07) is 0.714. The number of rotatable bonds is 6. The molecule has 0 spiro atoms. The molecule has 3 nitrogen and oxygen atoms in total. The van der Waals surface area contributed by atoms with Crippen LogP contribution in [0.25, 0.3) is 0 Å². The fourth-order valence-electron chi connectivity index (χ4n) is 3.93. The van der Waals surface area contributed by atoms with Crippen molar-refractivity contribution in [1.82, 2.24) is 5.06 Å². The first kappa shape index (κ1) is 22.0. The Labute approximate surface area is 163 Å². The highest BCUT2D eigenvalue weighted by Gasteiger charge is 2.39. The van der Waals surface area contributed by atoms with Crippen LogP contribution in [0.15, 0.2) is 49.1 Å². The van der Waals surface area contributed by atoms with E-state index in [4.69, 9.17) is 0 Å². The summed E-state index contributed by atoms with van der Waals surface area (Å²) in [4.78, 5) is 12.2. The molecule has 1 N–H and O–H groups in total. The Hall–Kier alpha value is -2.34. The molecule has 28 heavy (non-hydrogen) atoms. The molecule has 6 heteroatoms. The highest BCUT2D eigenvalue weighted by atomic mass is 19.2. The zero-order valence-corrected chi connectivity index (χ0v) is 16.3. The maximum atomic E-state index is 13.8. The maximum Gasteiger partial charge on any atom is 0.280 e. The molecule has 0 saturated heterocycles. The van der Waals surface area contributed by atoms with Crippen molar-refractivity contribution in [2.45, 2.75) is 33.1 Å². The Kier molecular flexibility index (Phi) is 6.55. The van der Waals surface area contributed by atoms with E-state index in [0.717, 1.165) is 24.8 Å². The Morgan fingerprint density at radius 3 is 2.46 bits per heavy atom. The van der Waals surface area contributed by atoms with Gasteiger partial charge < -0.3 is 0 Å². The van der Waals surface area contributed by atoms with Crippen molar-refractivity contribution >= 4 is 5.91 Å². The zero-order chi connectivity index (χ0) is 21.2. The molecule has 152 valence electrons. The van der Waals surface area contributed by atoms with Gasteiger partial charge in [-0.05, 0) is 49.5 Å². The van der Waals surface area contributed by atoms with E-state index in [1.54, 1.807) is 0 Å². The molecule has 0 unspecified atom stereocenters. The van der Waals surface area contributed by atoms with E-state index in [-0.39, 0.29) is 34.9 Å². The second-order valence-corrected chi connectivity index (χ2v) is 7.85. The zero-order valence-electron chi connectivity index (χ0n) is 16.3. The lowest BCUT2D eigenvalue weighted by molar-refractivity contribution is -0.0536. The number of nitrogens with zero attached hydrogens (tertiary/aromatic N) is 1. The Bertz CT molecular complexity index is 820. The van der Waals surface area contributed by atoms with Crippen molar-refractivity contribution in [3.63, 3.8) is 0 Å². The van der Waals surface area contributed by atoms with Crippen LogP contribution in [0.1, 0.15) is 43.5 Å². The lowest BCUT2D eigenvalue weighted by Crippen LogP contribution is -2.36. The van der Waals surface area contributed by atoms with E-state index >= 15 is 0 Å². The number of hydrogen-bond donors (Lipinski definition) is 1. The number of benzene rings is 1. The van der Waals surface area contributed by atoms with Crippen LogP contribution in [-0.2, 0) is 0 Å². The molecule has 1 aromatic carbocycles. The predicted molar refractivity (Wildman–Crippen MR) is 102 cm³/mol. The number of hydrogen-bond acceptors (Lipinski definition) is 2. The molecule has 0 bridgehead atoms. The van der Waals surface area contributed by atoms with Crippen LogP contribution in [0.5, 0.6) is 0 Å². The van der Waals surface area contributed by atoms with E-state index < -0.39 is 28.9 Å². The molecule has 1 fully saturated rings. The molecular weight excluding hydrogens is 367 g/mol. The first-order valence-corrected chi connectivity index (χ1v) is 9.12. The van der Waals surface area contributed by atoms with Gasteiger partial charge in [-0.2, -0.15) is 0 Å². The quantitative estimate of drug-likeness (QED) is 0.292. The average molecular weight is 393 g/mol. The molecule has 1 saturated carbocycles. The standard InChI is InChI=1S/C22H26F3NO2/c1-6-22(5)8-7-15(9-17(22)13(2)3)14(4)12-26(28)21(27)16-10-19(24)20(25)11-18(16)23/h6,10-11,15,17,28H,1-2,4,7-9,12H2,3,5H3/t15-,17+,22-/m1/s1. The highest BCUT2D eigenvalue weighted by molar-refractivity contribution is 5.93. The minimum atomic E-state index is -1.40. The smallest absolute Gasteiger partial charge is 0.280 e. The van der Waals surface area contributed by atoms with Gasteiger partial charge >= 0.3 is 0 Å². The number of amides is 1. The number of carbonyl (C=O) groups is 1. The monoisotopic (exact) mass is 393 g/mol. The summed E-state index contributed by atoms with van der Waals surface area (Å²) >= 11 is 0. The predicted octanol–water partition coefficient (Wildman–Crippen LogP) is 5.68. The van der Waals surface area contributed by atoms with Crippen molar-refractivity contribution < 1.29 is 23.2 Å². The fourth-order valence-corrected chi connectivity index (χ4v) is 3.93. The van der Waals surface area contributed by atoms with Gasteiger partial charge in [0.25, 0.3) is 5.91 Å². The molecule has 1 aromatic rings. The lowest BCUT2D eigenvalue weighted by atomic mass is 9.61. The third kappa shape index (κ3) is 4.38. The van der Waals surface area contributed by atoms with Crippen LogP contribution in [0.3, 0.4) is 0 Å². The number of hydroxylamine groups is 2. The van der Waals surface area contributed by atoms with Crippen LogP contribution in [-0.4, -0.2) is 22.7 Å². The van der Waals surface area contributed by atoms with Crippen LogP contribution >= 0.6 is 0 Å². The fraction of sp³-hybridized carbons (Fsp3) is 0.409. The van der Waals surface area contributed by atoms with Crippen molar-refractivity contribution in [1.29, 1.82) is 0 Å². The molecule has 1 amide bonds. The Morgan fingerprint density at radius 1 is 1.29 bits per heavy atom. The van der Waals surface area contributed by atoms with Crippen LogP contribution in [0, 0.1) is 34.7 Å². The van der Waals surface area contributed by atoms with Gasteiger partial charge in [-0.25, -0.2) is 18.2 Å². The number of allylic oxidation sites excluding steroid dienone is 2. The van der Waals surface area contributed by atoms with Gasteiger partial charge in [0, 0.05) is 6.07 Å². The Morgan fingerprint density at radius 2 is 1.89 bits per heavy atom. The molecule has 0 heterocycles. The van der Waals surface area contributed by atoms with Crippen molar-refractivity contribution in [2.24, 2.45) is 17.3 Å². The molecule has 1 aliphatic carbocycles. The van der Waals surface area contributed by atoms with Gasteiger partial charge in [-0.15, -0.1) is 6.58 Å². The van der Waals surface area contributed by atoms with Crippen molar-refractivity contribution in [2.75, 3.05) is 6.54 Å². The topological polar surface area (TPSA) is 40.5 Å². The molecule has 0 aromatic heterocycles. The maximum absolute atomic E-state index is 13.8. The summed E-state index contributed by atoms with van der Waals surface area (Å²) in [5.41, 5.74) is 0.820. The summed E-state index contributed by atoms with van der Waals surface area (Å²) in [6.45, 7) is 15.9. The second-order valence-electron chi connectivity index (χ2n) is 7.85. The van der Waals surface area contributed by atoms with Gasteiger partial charge in [0.1, 0.15) is 5.82 Å². The molecule has 3 atom stereocenters. The SMILES string of the molecule is C=C[C@]1(C)CC[C@@H](C(=C)CN(O)C(=O)c2cc(F)c(F)cc2F)C[C@H]1C(=C)C. The van der Waals surface area contributed by atoms with Gasteiger partial charge in [0.15, 0.2) is 11.6 Å². The summed E-state index contributed by atoms with van der Waals surface area (Å²) in [5, 5.41) is 10.4. The van der Waals surface area contributed by atoms with Crippen LogP contribution in [0.2, 0.25) is 0 Å². The largest absolute Gasteiger partial charge is 0.285 e. The van der Waals surface area contributed by atoms with Gasteiger partial charge in [0.2, 0.25) is 0 Å². The third-order valence-corrected chi connectivity index (χ3v) is 5.81. The first-order valence-electron chi connectivity index (χ1n) is 9.12. The van der Waals surface area contributed by atoms with E-state index in [1.165, 1.54) is 0 Å². The van der Waals surface area contributed by atoms with E-state index in [9.17, 15) is 23.2 Å². The molecule has 1 aliphatic rings. The summed E-state index contributed by atoms with van der Waals surface area (Å²) in [7, 11) is 0. The van der Waals surface area contributed by atoms with Crippen LogP contribution in [0.4, 0.5) is 13.2 Å². The second kappa shape index (κ2) is 8.35. The molecule has 0 radical (unpaired) electrons. The van der Waals surface area contributed by atoms with E-state index in [0.29, 0.717) is 11.6 Å². The van der Waals surface area contributed by atoms with Gasteiger partial charge in [-0.3, -0.25) is 10.0 Å². The molecule has 2 rings (SSSR count). The summed E-state index contributed by atoms with van der Waals surface area (Å²) in [5.74, 6) is -4.94. The van der Waals surface area contributed by atoms with Gasteiger partial charge in [0.05, 0.1) is 12.1 Å². The van der Waals surface area contributed by atoms with Crippen LogP contribution < -0.4 is 0 Å².